The number of nitrogens with one attached hydrogen (secondary N) is 2. The van der Waals surface area contributed by atoms with E-state index in [9.17, 15) is 9.59 Å². The lowest BCUT2D eigenvalue weighted by molar-refractivity contribution is 0.0208. The van der Waals surface area contributed by atoms with Gasteiger partial charge in [-0.25, -0.2) is 19.6 Å². The largest absolute Gasteiger partial charge is 0.454 e. The number of H-pyrrole nitrogens is 2. The van der Waals surface area contributed by atoms with E-state index in [2.05, 4.69) is 19.9 Å². The maximum Gasteiger partial charge on any atom is 0.410 e. The highest BCUT2D eigenvalue weighted by atomic mass is 16.6. The first-order valence-corrected chi connectivity index (χ1v) is 15.9. The molecule has 2 saturated heterocycles. The third-order valence-electron chi connectivity index (χ3n) is 8.27. The van der Waals surface area contributed by atoms with E-state index in [0.29, 0.717) is 47.4 Å². The molecule has 0 bridgehead atoms. The summed E-state index contributed by atoms with van der Waals surface area (Å²) in [5.41, 5.74) is 1.77. The van der Waals surface area contributed by atoms with Gasteiger partial charge in [0.2, 0.25) is 0 Å². The van der Waals surface area contributed by atoms with Crippen molar-refractivity contribution >= 4 is 34.1 Å². The third kappa shape index (κ3) is 5.83. The molecule has 2 aliphatic heterocycles. The molecule has 2 fully saturated rings. The van der Waals surface area contributed by atoms with Crippen molar-refractivity contribution in [3.8, 4) is 22.9 Å². The number of hydrogen-bond acceptors (Lipinski definition) is 8. The molecule has 1 aromatic carbocycles. The number of aromatic amines is 2. The van der Waals surface area contributed by atoms with E-state index in [-0.39, 0.29) is 24.3 Å². The summed E-state index contributed by atoms with van der Waals surface area (Å²) in [5.74, 6) is 2.71. The number of likely N-dealkylation sites (tertiary alicyclic amines) is 2. The number of amides is 2. The first-order valence-electron chi connectivity index (χ1n) is 15.9. The smallest absolute Gasteiger partial charge is 0.410 e. The van der Waals surface area contributed by atoms with Crippen molar-refractivity contribution in [2.24, 2.45) is 0 Å². The van der Waals surface area contributed by atoms with Crippen LogP contribution in [0, 0.1) is 0 Å². The lowest BCUT2D eigenvalue weighted by Crippen LogP contribution is -2.36. The fourth-order valence-electron chi connectivity index (χ4n) is 6.28. The van der Waals surface area contributed by atoms with Crippen LogP contribution in [0.25, 0.3) is 44.8 Å². The summed E-state index contributed by atoms with van der Waals surface area (Å²) >= 11 is 0. The van der Waals surface area contributed by atoms with Gasteiger partial charge in [-0.1, -0.05) is 0 Å². The van der Waals surface area contributed by atoms with Crippen LogP contribution in [-0.2, 0) is 9.47 Å². The molecule has 2 aliphatic rings. The maximum atomic E-state index is 12.8. The van der Waals surface area contributed by atoms with E-state index in [1.807, 2.05) is 65.8 Å². The Morgan fingerprint density at radius 1 is 0.717 bits per heavy atom. The minimum absolute atomic E-state index is 0.175. The van der Waals surface area contributed by atoms with Crippen LogP contribution in [0.5, 0.6) is 0 Å². The SMILES string of the molecule is CC(C)(C)OC(=O)N1CCCC1c1ncc(-c2cc3cc4oc(-c5cnc(C6CCCN6C(=O)OC(C)(C)C)[nH]5)cc4cc3o2)[nH]1. The van der Waals surface area contributed by atoms with Gasteiger partial charge in [-0.05, 0) is 91.5 Å². The van der Waals surface area contributed by atoms with E-state index < -0.39 is 11.2 Å². The fourth-order valence-corrected chi connectivity index (χ4v) is 6.28. The minimum atomic E-state index is -0.561. The quantitative estimate of drug-likeness (QED) is 0.203. The predicted octanol–water partition coefficient (Wildman–Crippen LogP) is 8.10. The number of rotatable bonds is 4. The average Bonchev–Trinajstić information content (AvgIpc) is 3.79. The fraction of sp³-hybridized carbons (Fsp3) is 0.471. The zero-order chi connectivity index (χ0) is 32.4. The van der Waals surface area contributed by atoms with Gasteiger partial charge in [0.15, 0.2) is 11.5 Å². The molecule has 6 heterocycles. The van der Waals surface area contributed by atoms with Crippen LogP contribution in [0.15, 0.2) is 45.5 Å². The number of furan rings is 2. The van der Waals surface area contributed by atoms with Gasteiger partial charge in [-0.15, -0.1) is 0 Å². The number of carbonyl (C=O) groups excluding carboxylic acids is 2. The van der Waals surface area contributed by atoms with Gasteiger partial charge in [0.1, 0.15) is 45.4 Å². The van der Waals surface area contributed by atoms with Gasteiger partial charge in [0, 0.05) is 23.9 Å². The van der Waals surface area contributed by atoms with Crippen LogP contribution < -0.4 is 0 Å². The van der Waals surface area contributed by atoms with Crippen LogP contribution in [0.4, 0.5) is 9.59 Å². The number of nitrogens with zero attached hydrogens (tertiary/aromatic N) is 4. The zero-order valence-corrected chi connectivity index (χ0v) is 27.1. The molecule has 46 heavy (non-hydrogen) atoms. The van der Waals surface area contributed by atoms with Crippen LogP contribution in [0.2, 0.25) is 0 Å². The molecule has 12 heteroatoms. The second-order valence-electron chi connectivity index (χ2n) is 14.2. The molecule has 7 rings (SSSR count). The Kier molecular flexibility index (Phi) is 7.13. The summed E-state index contributed by atoms with van der Waals surface area (Å²) in [6.45, 7) is 12.5. The summed E-state index contributed by atoms with van der Waals surface area (Å²) in [6, 6.07) is 7.47. The van der Waals surface area contributed by atoms with Crippen LogP contribution >= 0.6 is 0 Å². The van der Waals surface area contributed by atoms with Gasteiger partial charge < -0.3 is 28.3 Å². The molecule has 2 amide bonds. The van der Waals surface area contributed by atoms with Gasteiger partial charge in [-0.2, -0.15) is 0 Å². The predicted molar refractivity (Wildman–Crippen MR) is 171 cm³/mol. The molecular weight excluding hydrogens is 588 g/mol. The van der Waals surface area contributed by atoms with E-state index in [0.717, 1.165) is 47.8 Å². The molecule has 0 saturated carbocycles. The van der Waals surface area contributed by atoms with Crippen molar-refractivity contribution in [3.63, 3.8) is 0 Å². The van der Waals surface area contributed by atoms with Crippen LogP contribution in [-0.4, -0.2) is 66.2 Å². The van der Waals surface area contributed by atoms with E-state index in [4.69, 9.17) is 18.3 Å². The van der Waals surface area contributed by atoms with Gasteiger partial charge in [0.05, 0.1) is 24.5 Å². The Bertz CT molecular complexity index is 1730. The molecular formula is C34H40N6O6. The van der Waals surface area contributed by atoms with Crippen molar-refractivity contribution in [1.82, 2.24) is 29.7 Å². The molecule has 242 valence electrons. The highest BCUT2D eigenvalue weighted by Crippen LogP contribution is 2.37. The van der Waals surface area contributed by atoms with Gasteiger partial charge in [0.25, 0.3) is 0 Å². The molecule has 12 nitrogen and oxygen atoms in total. The van der Waals surface area contributed by atoms with Gasteiger partial charge >= 0.3 is 12.2 Å². The monoisotopic (exact) mass is 628 g/mol. The summed E-state index contributed by atoms with van der Waals surface area (Å²) in [7, 11) is 0. The number of ether oxygens (including phenoxy) is 2. The summed E-state index contributed by atoms with van der Waals surface area (Å²) in [4.78, 5) is 45.0. The van der Waals surface area contributed by atoms with Crippen molar-refractivity contribution < 1.29 is 27.9 Å². The second-order valence-corrected chi connectivity index (χ2v) is 14.2. The Hall–Kier alpha value is -4.74. The van der Waals surface area contributed by atoms with Crippen molar-refractivity contribution in [2.45, 2.75) is 90.5 Å². The van der Waals surface area contributed by atoms with Crippen molar-refractivity contribution in [3.05, 3.63) is 48.3 Å². The lowest BCUT2D eigenvalue weighted by atomic mass is 10.2. The Morgan fingerprint density at radius 3 is 1.52 bits per heavy atom. The normalized spacial score (nSPS) is 19.1. The number of carbonyl (C=O) groups is 2. The first kappa shape index (κ1) is 29.9. The number of hydrogen-bond donors (Lipinski definition) is 2. The van der Waals surface area contributed by atoms with E-state index in [1.165, 1.54) is 0 Å². The highest BCUT2D eigenvalue weighted by molar-refractivity contribution is 5.96. The Morgan fingerprint density at radius 2 is 1.13 bits per heavy atom. The molecule has 4 aromatic heterocycles. The number of imidazole rings is 2. The zero-order valence-electron chi connectivity index (χ0n) is 27.1. The molecule has 2 N–H and O–H groups in total. The number of aromatic nitrogens is 4. The Balaban J connectivity index is 1.09. The standard InChI is InChI=1S/C34H40N6O6/c1-33(2,3)45-31(41)39-11-7-9-23(39)29-35-17-21(37-29)27-15-19-13-26-20(14-25(19)43-27)16-28(44-26)22-18-36-30(38-22)24-10-8-12-40(24)32(42)46-34(4,5)6/h13-18,23-24H,7-12H2,1-6H3,(H,35,37)(H,36,38). The van der Waals surface area contributed by atoms with E-state index >= 15 is 0 Å². The molecule has 0 aliphatic carbocycles. The van der Waals surface area contributed by atoms with Gasteiger partial charge in [-0.3, -0.25) is 9.80 Å². The summed E-state index contributed by atoms with van der Waals surface area (Å²) in [6.07, 6.45) is 6.22. The molecule has 2 unspecified atom stereocenters. The third-order valence-corrected chi connectivity index (χ3v) is 8.27. The summed E-state index contributed by atoms with van der Waals surface area (Å²) < 4.78 is 23.7. The second kappa shape index (κ2) is 11.0. The average molecular weight is 629 g/mol. The number of benzene rings is 1. The van der Waals surface area contributed by atoms with Crippen molar-refractivity contribution in [2.75, 3.05) is 13.1 Å². The first-order chi connectivity index (χ1) is 21.8. The highest BCUT2D eigenvalue weighted by Gasteiger charge is 2.36. The minimum Gasteiger partial charge on any atom is -0.454 e. The molecule has 5 aromatic rings. The topological polar surface area (TPSA) is 143 Å². The Labute approximate surface area is 266 Å². The lowest BCUT2D eigenvalue weighted by Gasteiger charge is -2.27. The maximum absolute atomic E-state index is 12.8. The number of fused-ring (bicyclic) bond motifs is 2. The van der Waals surface area contributed by atoms with Crippen LogP contribution in [0.3, 0.4) is 0 Å². The molecule has 2 atom stereocenters. The van der Waals surface area contributed by atoms with E-state index in [1.54, 1.807) is 22.2 Å². The molecule has 0 radical (unpaired) electrons. The summed E-state index contributed by atoms with van der Waals surface area (Å²) in [5, 5.41) is 1.78. The molecule has 0 spiro atoms. The van der Waals surface area contributed by atoms with Crippen LogP contribution in [0.1, 0.15) is 91.0 Å². The van der Waals surface area contributed by atoms with Crippen molar-refractivity contribution in [1.29, 1.82) is 0 Å².